The smallest absolute Gasteiger partial charge is 0.267 e. The van der Waals surface area contributed by atoms with E-state index in [0.717, 1.165) is 33.3 Å². The van der Waals surface area contributed by atoms with Crippen molar-refractivity contribution < 1.29 is 0 Å². The second-order valence-corrected chi connectivity index (χ2v) is 8.43. The minimum Gasteiger partial charge on any atom is -0.267 e. The van der Waals surface area contributed by atoms with Crippen molar-refractivity contribution in [3.63, 3.8) is 0 Å². The second kappa shape index (κ2) is 9.35. The van der Waals surface area contributed by atoms with Gasteiger partial charge in [-0.3, -0.25) is 19.3 Å². The van der Waals surface area contributed by atoms with Crippen LogP contribution in [0.1, 0.15) is 22.4 Å². The molecule has 6 rings (SSSR count). The summed E-state index contributed by atoms with van der Waals surface area (Å²) in [6.45, 7) is 0. The minimum absolute atomic E-state index is 0.189. The zero-order valence-corrected chi connectivity index (χ0v) is 19.3. The van der Waals surface area contributed by atoms with Crippen molar-refractivity contribution >= 4 is 34.2 Å². The number of hydrogen-bond donors (Lipinski definition) is 0. The molecular weight excluding hydrogens is 446 g/mol. The third kappa shape index (κ3) is 4.16. The maximum atomic E-state index is 13.6. The summed E-state index contributed by atoms with van der Waals surface area (Å²) in [6, 6.07) is 25.4. The van der Waals surface area contributed by atoms with Gasteiger partial charge in [0.1, 0.15) is 11.2 Å². The first kappa shape index (κ1) is 21.6. The van der Waals surface area contributed by atoms with Crippen LogP contribution in [0.25, 0.3) is 39.9 Å². The molecule has 0 fully saturated rings. The fourth-order valence-corrected chi connectivity index (χ4v) is 4.33. The van der Waals surface area contributed by atoms with Crippen LogP contribution >= 0.6 is 0 Å². The summed E-state index contributed by atoms with van der Waals surface area (Å²) in [7, 11) is 0. The van der Waals surface area contributed by atoms with Crippen LogP contribution in [-0.4, -0.2) is 24.5 Å². The van der Waals surface area contributed by atoms with Crippen LogP contribution in [0, 0.1) is 0 Å². The first-order valence-electron chi connectivity index (χ1n) is 11.6. The van der Waals surface area contributed by atoms with E-state index in [-0.39, 0.29) is 5.56 Å². The highest BCUT2D eigenvalue weighted by atomic mass is 16.1. The van der Waals surface area contributed by atoms with Crippen molar-refractivity contribution in [2.45, 2.75) is 6.42 Å². The van der Waals surface area contributed by atoms with Crippen LogP contribution in [0.3, 0.4) is 0 Å². The van der Waals surface area contributed by atoms with Gasteiger partial charge in [-0.15, -0.1) is 0 Å². The van der Waals surface area contributed by atoms with Crippen molar-refractivity contribution in [3.05, 3.63) is 136 Å². The quantitative estimate of drug-likeness (QED) is 0.335. The molecule has 0 N–H and O–H groups in total. The van der Waals surface area contributed by atoms with Gasteiger partial charge in [-0.2, -0.15) is 0 Å². The van der Waals surface area contributed by atoms with E-state index in [4.69, 9.17) is 0 Å². The first-order valence-corrected chi connectivity index (χ1v) is 11.6. The predicted octanol–water partition coefficient (Wildman–Crippen LogP) is 5.49. The summed E-state index contributed by atoms with van der Waals surface area (Å²) in [4.78, 5) is 31.4. The number of para-hydroxylation sites is 1. The molecule has 0 bridgehead atoms. The van der Waals surface area contributed by atoms with Crippen molar-refractivity contribution in [1.82, 2.24) is 24.5 Å². The van der Waals surface area contributed by atoms with E-state index in [1.54, 1.807) is 23.2 Å². The van der Waals surface area contributed by atoms with Gasteiger partial charge in [-0.1, -0.05) is 48.6 Å². The molecule has 0 radical (unpaired) electrons. The van der Waals surface area contributed by atoms with Gasteiger partial charge in [0.25, 0.3) is 5.56 Å². The molecule has 36 heavy (non-hydrogen) atoms. The van der Waals surface area contributed by atoms with E-state index in [2.05, 4.69) is 32.1 Å². The lowest BCUT2D eigenvalue weighted by atomic mass is 10.1. The molecule has 0 spiro atoms. The topological polar surface area (TPSA) is 73.6 Å². The maximum Gasteiger partial charge on any atom is 0.278 e. The van der Waals surface area contributed by atoms with Gasteiger partial charge in [0.05, 0.1) is 11.2 Å². The molecular formula is C30H21N5O. The maximum absolute atomic E-state index is 13.6. The van der Waals surface area contributed by atoms with Crippen molar-refractivity contribution in [2.24, 2.45) is 0 Å². The van der Waals surface area contributed by atoms with Crippen LogP contribution in [0.4, 0.5) is 0 Å². The average molecular weight is 468 g/mol. The standard InChI is InChI=1S/C30H21N5O/c36-30-28(19-22-7-4-15-31-20-22)34-27-11-5-16-33-29(27)35(30)24-8-3-6-21(18-24)12-13-23-14-17-32-26-10-2-1-9-25(23)26/h1-18,20H,19H2/b13-12+. The highest BCUT2D eigenvalue weighted by Crippen LogP contribution is 2.20. The molecule has 0 aliphatic heterocycles. The number of pyridine rings is 3. The van der Waals surface area contributed by atoms with E-state index in [0.29, 0.717) is 23.3 Å². The fourth-order valence-electron chi connectivity index (χ4n) is 4.33. The third-order valence-corrected chi connectivity index (χ3v) is 6.04. The zero-order chi connectivity index (χ0) is 24.3. The highest BCUT2D eigenvalue weighted by Gasteiger charge is 2.14. The summed E-state index contributed by atoms with van der Waals surface area (Å²) >= 11 is 0. The van der Waals surface area contributed by atoms with E-state index in [1.165, 1.54) is 0 Å². The summed E-state index contributed by atoms with van der Waals surface area (Å²) in [5.74, 6) is 0. The Hall–Kier alpha value is -4.97. The average Bonchev–Trinajstić information content (AvgIpc) is 2.93. The number of nitrogens with zero attached hydrogens (tertiary/aromatic N) is 5. The van der Waals surface area contributed by atoms with Gasteiger partial charge < -0.3 is 0 Å². The van der Waals surface area contributed by atoms with E-state index < -0.39 is 0 Å². The Balaban J connectivity index is 1.44. The Morgan fingerprint density at radius 3 is 2.58 bits per heavy atom. The van der Waals surface area contributed by atoms with Crippen molar-refractivity contribution in [3.8, 4) is 5.69 Å². The minimum atomic E-state index is -0.189. The molecule has 172 valence electrons. The SMILES string of the molecule is O=c1c(Cc2cccnc2)nc2cccnc2n1-c1cccc(/C=C/c2ccnc3ccccc23)c1. The summed E-state index contributed by atoms with van der Waals surface area (Å²) in [5, 5.41) is 1.09. The number of fused-ring (bicyclic) bond motifs is 2. The van der Waals surface area contributed by atoms with Gasteiger partial charge in [-0.25, -0.2) is 9.97 Å². The Labute approximate surface area is 207 Å². The number of benzene rings is 2. The molecule has 2 aromatic carbocycles. The summed E-state index contributed by atoms with van der Waals surface area (Å²) < 4.78 is 1.65. The molecule has 6 aromatic rings. The van der Waals surface area contributed by atoms with E-state index in [1.807, 2.05) is 85.1 Å². The Bertz CT molecular complexity index is 1790. The molecule has 0 unspecified atom stereocenters. The van der Waals surface area contributed by atoms with Gasteiger partial charge in [0.2, 0.25) is 0 Å². The van der Waals surface area contributed by atoms with Crippen molar-refractivity contribution in [2.75, 3.05) is 0 Å². The normalized spacial score (nSPS) is 11.4. The molecule has 4 aromatic heterocycles. The van der Waals surface area contributed by atoms with Gasteiger partial charge in [-0.05, 0) is 59.2 Å². The van der Waals surface area contributed by atoms with Crippen molar-refractivity contribution in [1.29, 1.82) is 0 Å². The molecule has 0 saturated heterocycles. The molecule has 0 atom stereocenters. The summed E-state index contributed by atoms with van der Waals surface area (Å²) in [5.41, 5.74) is 6.12. The van der Waals surface area contributed by atoms with Crippen LogP contribution in [0.15, 0.2) is 108 Å². The van der Waals surface area contributed by atoms with Crippen LogP contribution in [0.5, 0.6) is 0 Å². The molecule has 4 heterocycles. The molecule has 0 saturated carbocycles. The number of aromatic nitrogens is 5. The second-order valence-electron chi connectivity index (χ2n) is 8.43. The predicted molar refractivity (Wildman–Crippen MR) is 143 cm³/mol. The molecule has 0 aliphatic rings. The van der Waals surface area contributed by atoms with Gasteiger partial charge >= 0.3 is 0 Å². The monoisotopic (exact) mass is 467 g/mol. The van der Waals surface area contributed by atoms with Gasteiger partial charge in [0.15, 0.2) is 5.65 Å². The third-order valence-electron chi connectivity index (χ3n) is 6.04. The molecule has 0 aliphatic carbocycles. The lowest BCUT2D eigenvalue weighted by Gasteiger charge is -2.12. The van der Waals surface area contributed by atoms with Crippen LogP contribution < -0.4 is 5.56 Å². The summed E-state index contributed by atoms with van der Waals surface area (Å²) in [6.07, 6.45) is 11.5. The zero-order valence-electron chi connectivity index (χ0n) is 19.3. The Morgan fingerprint density at radius 1 is 0.778 bits per heavy atom. The highest BCUT2D eigenvalue weighted by molar-refractivity contribution is 5.90. The largest absolute Gasteiger partial charge is 0.278 e. The molecule has 6 heteroatoms. The van der Waals surface area contributed by atoms with E-state index in [9.17, 15) is 4.79 Å². The lowest BCUT2D eigenvalue weighted by Crippen LogP contribution is -2.25. The van der Waals surface area contributed by atoms with E-state index >= 15 is 0 Å². The first-order chi connectivity index (χ1) is 17.8. The number of hydrogen-bond acceptors (Lipinski definition) is 5. The Kier molecular flexibility index (Phi) is 5.60. The van der Waals surface area contributed by atoms with Crippen LogP contribution in [0.2, 0.25) is 0 Å². The number of rotatable bonds is 5. The van der Waals surface area contributed by atoms with Gasteiger partial charge in [0, 0.05) is 36.6 Å². The fraction of sp³-hybridized carbons (Fsp3) is 0.0333. The van der Waals surface area contributed by atoms with Crippen LogP contribution in [-0.2, 0) is 6.42 Å². The Morgan fingerprint density at radius 2 is 1.67 bits per heavy atom. The molecule has 6 nitrogen and oxygen atoms in total. The molecule has 0 amide bonds. The lowest BCUT2D eigenvalue weighted by molar-refractivity contribution is 0.924.